The average Bonchev–Trinajstić information content (AvgIpc) is 1.69. The number of nitrogens with zero attached hydrogens (tertiary/aromatic N) is 1. The molecule has 0 atom stereocenters. The van der Waals surface area contributed by atoms with E-state index in [1.165, 1.54) is 13.2 Å². The number of nitro groups is 1. The van der Waals surface area contributed by atoms with E-state index in [0.29, 0.717) is 0 Å². The molecule has 0 aromatic rings. The summed E-state index contributed by atoms with van der Waals surface area (Å²) in [6.45, 7) is 1.54. The highest BCUT2D eigenvalue weighted by Gasteiger charge is 2.04. The van der Waals surface area contributed by atoms with Gasteiger partial charge in [-0.2, -0.15) is 0 Å². The Labute approximate surface area is 46.9 Å². The first-order valence-electron chi connectivity index (χ1n) is 2.07. The van der Waals surface area contributed by atoms with Crippen molar-refractivity contribution in [2.24, 2.45) is 0 Å². The first-order valence-corrected chi connectivity index (χ1v) is 2.07. The highest BCUT2D eigenvalue weighted by Crippen LogP contribution is 1.92. The topological polar surface area (TPSA) is 52.4 Å². The predicted molar refractivity (Wildman–Crippen MR) is 27.8 cm³/mol. The Balaban J connectivity index is 3.92. The molecule has 0 bridgehead atoms. The van der Waals surface area contributed by atoms with E-state index >= 15 is 0 Å². The summed E-state index contributed by atoms with van der Waals surface area (Å²) in [5, 5.41) is 9.77. The van der Waals surface area contributed by atoms with Crippen LogP contribution in [0.25, 0.3) is 0 Å². The van der Waals surface area contributed by atoms with Gasteiger partial charge in [-0.05, 0) is 6.92 Å². The molecule has 0 aliphatic heterocycles. The molecule has 0 saturated carbocycles. The van der Waals surface area contributed by atoms with E-state index in [2.05, 4.69) is 4.74 Å². The zero-order chi connectivity index (χ0) is 6.57. The molecule has 0 fully saturated rings. The summed E-state index contributed by atoms with van der Waals surface area (Å²) < 4.78 is 4.32. The van der Waals surface area contributed by atoms with Crippen molar-refractivity contribution in [2.45, 2.75) is 6.92 Å². The van der Waals surface area contributed by atoms with Crippen LogP contribution in [0.5, 0.6) is 0 Å². The van der Waals surface area contributed by atoms with Crippen LogP contribution in [0.1, 0.15) is 6.92 Å². The van der Waals surface area contributed by atoms with Crippen molar-refractivity contribution in [1.82, 2.24) is 0 Å². The second-order valence-electron chi connectivity index (χ2n) is 1.09. The van der Waals surface area contributed by atoms with Gasteiger partial charge >= 0.3 is 5.88 Å². The van der Waals surface area contributed by atoms with Gasteiger partial charge in [0.05, 0.1) is 7.11 Å². The second kappa shape index (κ2) is 3.01. The van der Waals surface area contributed by atoms with E-state index in [1.807, 2.05) is 0 Å². The van der Waals surface area contributed by atoms with Crippen molar-refractivity contribution >= 4 is 0 Å². The summed E-state index contributed by atoms with van der Waals surface area (Å²) in [6, 6.07) is 0. The fraction of sp³-hybridized carbons (Fsp3) is 0.500. The number of allylic oxidation sites excluding steroid dienone is 1. The molecule has 0 spiro atoms. The van der Waals surface area contributed by atoms with Gasteiger partial charge < -0.3 is 4.74 Å². The van der Waals surface area contributed by atoms with Crippen molar-refractivity contribution in [2.75, 3.05) is 7.11 Å². The van der Waals surface area contributed by atoms with E-state index in [4.69, 9.17) is 0 Å². The molecule has 0 radical (unpaired) electrons. The van der Waals surface area contributed by atoms with E-state index in [-0.39, 0.29) is 5.88 Å². The molecule has 0 aliphatic carbocycles. The maximum Gasteiger partial charge on any atom is 0.423 e. The lowest BCUT2D eigenvalue weighted by atomic mass is 10.7. The molecule has 8 heavy (non-hydrogen) atoms. The molecule has 46 valence electrons. The van der Waals surface area contributed by atoms with Crippen LogP contribution in [0.3, 0.4) is 0 Å². The summed E-state index contributed by atoms with van der Waals surface area (Å²) in [5.41, 5.74) is 0. The van der Waals surface area contributed by atoms with Gasteiger partial charge in [-0.25, -0.2) is 0 Å². The lowest BCUT2D eigenvalue weighted by Crippen LogP contribution is -1.99. The molecule has 0 amide bonds. The van der Waals surface area contributed by atoms with E-state index < -0.39 is 4.92 Å². The van der Waals surface area contributed by atoms with Crippen molar-refractivity contribution in [3.63, 3.8) is 0 Å². The Morgan fingerprint density at radius 1 is 1.88 bits per heavy atom. The maximum absolute atomic E-state index is 9.77. The quantitative estimate of drug-likeness (QED) is 0.305. The van der Waals surface area contributed by atoms with E-state index in [9.17, 15) is 10.1 Å². The molecule has 0 N–H and O–H groups in total. The minimum Gasteiger partial charge on any atom is -0.444 e. The Hall–Kier alpha value is -1.06. The summed E-state index contributed by atoms with van der Waals surface area (Å²) in [6.07, 6.45) is 1.29. The number of methoxy groups -OCH3 is 1. The molecule has 0 unspecified atom stereocenters. The normalized spacial score (nSPS) is 11.0. The first-order chi connectivity index (χ1) is 3.72. The predicted octanol–water partition coefficient (Wildman–Crippen LogP) is 0.771. The lowest BCUT2D eigenvalue weighted by Gasteiger charge is -1.90. The van der Waals surface area contributed by atoms with Gasteiger partial charge in [-0.3, -0.25) is 10.1 Å². The standard InChI is InChI=1S/C4H7NO3/c1-3-4(8-2)5(6)7/h3H,1-2H3/b4-3-. The smallest absolute Gasteiger partial charge is 0.423 e. The largest absolute Gasteiger partial charge is 0.444 e. The van der Waals surface area contributed by atoms with Crippen molar-refractivity contribution in [3.8, 4) is 0 Å². The van der Waals surface area contributed by atoms with Crippen LogP contribution < -0.4 is 0 Å². The van der Waals surface area contributed by atoms with Crippen LogP contribution in [-0.2, 0) is 4.74 Å². The summed E-state index contributed by atoms with van der Waals surface area (Å²) in [5.74, 6) is -0.218. The second-order valence-corrected chi connectivity index (χ2v) is 1.09. The zero-order valence-corrected chi connectivity index (χ0v) is 4.75. The number of hydrogen-bond donors (Lipinski definition) is 0. The molecular formula is C4H7NO3. The van der Waals surface area contributed by atoms with E-state index in [0.717, 1.165) is 0 Å². The van der Waals surface area contributed by atoms with Gasteiger partial charge in [0.2, 0.25) is 0 Å². The molecule has 0 saturated heterocycles. The highest BCUT2D eigenvalue weighted by molar-refractivity contribution is 4.75. The maximum atomic E-state index is 9.77. The molecule has 0 aliphatic rings. The zero-order valence-electron chi connectivity index (χ0n) is 4.75. The van der Waals surface area contributed by atoms with Crippen molar-refractivity contribution < 1.29 is 9.66 Å². The number of rotatable bonds is 2. The first kappa shape index (κ1) is 6.94. The molecule has 4 heteroatoms. The fourth-order valence-electron chi connectivity index (χ4n) is 0.298. The number of hydrogen-bond acceptors (Lipinski definition) is 3. The minimum absolute atomic E-state index is 0.218. The molecule has 0 heterocycles. The molecular weight excluding hydrogens is 110 g/mol. The molecule has 0 rings (SSSR count). The molecule has 0 aromatic heterocycles. The van der Waals surface area contributed by atoms with Crippen LogP contribution in [-0.4, -0.2) is 12.0 Å². The van der Waals surface area contributed by atoms with Crippen molar-refractivity contribution in [1.29, 1.82) is 0 Å². The summed E-state index contributed by atoms with van der Waals surface area (Å²) in [4.78, 5) is 9.19. The van der Waals surface area contributed by atoms with Gasteiger partial charge in [0.25, 0.3) is 0 Å². The average molecular weight is 117 g/mol. The van der Waals surface area contributed by atoms with Crippen LogP contribution >= 0.6 is 0 Å². The minimum atomic E-state index is -0.583. The van der Waals surface area contributed by atoms with Gasteiger partial charge in [0.1, 0.15) is 4.92 Å². The van der Waals surface area contributed by atoms with Crippen molar-refractivity contribution in [3.05, 3.63) is 22.1 Å². The van der Waals surface area contributed by atoms with Gasteiger partial charge in [0.15, 0.2) is 0 Å². The van der Waals surface area contributed by atoms with E-state index in [1.54, 1.807) is 6.92 Å². The SMILES string of the molecule is C/C=C(\OC)[N+](=O)[O-]. The Bertz CT molecular complexity index is 118. The fourth-order valence-corrected chi connectivity index (χ4v) is 0.298. The third kappa shape index (κ3) is 1.59. The van der Waals surface area contributed by atoms with Crippen LogP contribution in [0.2, 0.25) is 0 Å². The monoisotopic (exact) mass is 117 g/mol. The Morgan fingerprint density at radius 2 is 2.38 bits per heavy atom. The summed E-state index contributed by atoms with van der Waals surface area (Å²) >= 11 is 0. The number of ether oxygens (including phenoxy) is 1. The van der Waals surface area contributed by atoms with Gasteiger partial charge in [-0.1, -0.05) is 0 Å². The summed E-state index contributed by atoms with van der Waals surface area (Å²) in [7, 11) is 1.26. The third-order valence-corrected chi connectivity index (χ3v) is 0.636. The third-order valence-electron chi connectivity index (χ3n) is 0.636. The lowest BCUT2D eigenvalue weighted by molar-refractivity contribution is -0.461. The molecule has 4 nitrogen and oxygen atoms in total. The van der Waals surface area contributed by atoms with Crippen LogP contribution in [0, 0.1) is 10.1 Å². The van der Waals surface area contributed by atoms with Gasteiger partial charge in [0, 0.05) is 6.08 Å². The van der Waals surface area contributed by atoms with Gasteiger partial charge in [-0.15, -0.1) is 0 Å². The Kier molecular flexibility index (Phi) is 2.61. The van der Waals surface area contributed by atoms with Crippen LogP contribution in [0.15, 0.2) is 12.0 Å². The Morgan fingerprint density at radius 3 is 2.38 bits per heavy atom. The van der Waals surface area contributed by atoms with Crippen LogP contribution in [0.4, 0.5) is 0 Å². The molecule has 0 aromatic carbocycles. The highest BCUT2D eigenvalue weighted by atomic mass is 16.7.